The molecule has 0 atom stereocenters. The number of sulfonamides is 1. The van der Waals surface area contributed by atoms with Crippen molar-refractivity contribution in [3.05, 3.63) is 70.8 Å². The summed E-state index contributed by atoms with van der Waals surface area (Å²) in [6.07, 6.45) is 0.876. The Morgan fingerprint density at radius 3 is 2.17 bits per heavy atom. The zero-order valence-corrected chi connectivity index (χ0v) is 18.4. The molecule has 0 spiro atoms. The number of hydrogen-bond acceptors (Lipinski definition) is 4. The fraction of sp³-hybridized carbons (Fsp3) is 0.304. The van der Waals surface area contributed by atoms with Gasteiger partial charge in [0.1, 0.15) is 11.4 Å². The van der Waals surface area contributed by atoms with Crippen LogP contribution in [0, 0.1) is 0 Å². The number of hydrogen-bond donors (Lipinski definition) is 1. The summed E-state index contributed by atoms with van der Waals surface area (Å²) in [4.78, 5) is 25.1. The van der Waals surface area contributed by atoms with Crippen molar-refractivity contribution in [2.75, 3.05) is 11.9 Å². The van der Waals surface area contributed by atoms with Gasteiger partial charge in [-0.25, -0.2) is 12.7 Å². The quantitative estimate of drug-likeness (QED) is 0.759. The molecule has 1 aliphatic rings. The van der Waals surface area contributed by atoms with Crippen LogP contribution in [-0.4, -0.2) is 31.1 Å². The van der Waals surface area contributed by atoms with E-state index in [0.717, 1.165) is 17.5 Å². The van der Waals surface area contributed by atoms with E-state index in [-0.39, 0.29) is 10.5 Å². The maximum Gasteiger partial charge on any atom is 0.268 e. The smallest absolute Gasteiger partial charge is 0.268 e. The first-order chi connectivity index (χ1) is 14.1. The lowest BCUT2D eigenvalue weighted by Crippen LogP contribution is -2.38. The Balaban J connectivity index is 1.80. The van der Waals surface area contributed by atoms with Crippen LogP contribution in [0.2, 0.25) is 0 Å². The molecular weight excluding hydrogens is 400 g/mol. The third-order valence-electron chi connectivity index (χ3n) is 5.21. The summed E-state index contributed by atoms with van der Waals surface area (Å²) in [5.41, 5.74) is 3.31. The molecule has 7 heteroatoms. The molecule has 0 bridgehead atoms. The molecule has 0 aliphatic carbocycles. The van der Waals surface area contributed by atoms with Crippen LogP contribution in [0.5, 0.6) is 0 Å². The molecule has 158 valence electrons. The van der Waals surface area contributed by atoms with Crippen LogP contribution in [0.1, 0.15) is 50.3 Å². The number of nitrogens with zero attached hydrogens (tertiary/aromatic N) is 1. The number of benzene rings is 2. The fourth-order valence-electron chi connectivity index (χ4n) is 3.39. The van der Waals surface area contributed by atoms with Gasteiger partial charge in [-0.1, -0.05) is 57.2 Å². The second-order valence-electron chi connectivity index (χ2n) is 7.65. The van der Waals surface area contributed by atoms with Gasteiger partial charge in [0.25, 0.3) is 15.9 Å². The summed E-state index contributed by atoms with van der Waals surface area (Å²) in [6, 6.07) is 14.4. The SMILES string of the molecule is CCc1ccc(NC(=O)CN2C(=O)C(C)=C(c3ccc(C(C)C)cc3)S2(=O)=O)cc1. The van der Waals surface area contributed by atoms with Crippen molar-refractivity contribution in [1.29, 1.82) is 0 Å². The molecule has 2 amide bonds. The molecule has 6 nitrogen and oxygen atoms in total. The molecule has 0 saturated heterocycles. The monoisotopic (exact) mass is 426 g/mol. The molecule has 30 heavy (non-hydrogen) atoms. The van der Waals surface area contributed by atoms with Gasteiger partial charge in [0, 0.05) is 11.3 Å². The van der Waals surface area contributed by atoms with E-state index in [1.807, 2.05) is 45.0 Å². The lowest BCUT2D eigenvalue weighted by molar-refractivity contribution is -0.126. The van der Waals surface area contributed by atoms with Crippen LogP contribution >= 0.6 is 0 Å². The lowest BCUT2D eigenvalue weighted by Gasteiger charge is -2.17. The molecule has 1 aliphatic heterocycles. The third-order valence-corrected chi connectivity index (χ3v) is 7.14. The first-order valence-electron chi connectivity index (χ1n) is 9.92. The van der Waals surface area contributed by atoms with Crippen LogP contribution in [0.15, 0.2) is 54.1 Å². The zero-order chi connectivity index (χ0) is 22.1. The van der Waals surface area contributed by atoms with Gasteiger partial charge >= 0.3 is 0 Å². The molecule has 0 fully saturated rings. The molecule has 0 saturated carbocycles. The van der Waals surface area contributed by atoms with E-state index < -0.39 is 28.4 Å². The van der Waals surface area contributed by atoms with E-state index in [2.05, 4.69) is 5.32 Å². The minimum atomic E-state index is -4.11. The van der Waals surface area contributed by atoms with Gasteiger partial charge < -0.3 is 5.32 Å². The van der Waals surface area contributed by atoms with Gasteiger partial charge in [0.2, 0.25) is 5.91 Å². The highest BCUT2D eigenvalue weighted by Crippen LogP contribution is 2.35. The van der Waals surface area contributed by atoms with Crippen molar-refractivity contribution in [1.82, 2.24) is 4.31 Å². The van der Waals surface area contributed by atoms with Gasteiger partial charge in [-0.15, -0.1) is 0 Å². The number of rotatable bonds is 6. The van der Waals surface area contributed by atoms with Crippen molar-refractivity contribution >= 4 is 32.4 Å². The lowest BCUT2D eigenvalue weighted by atomic mass is 10.0. The summed E-state index contributed by atoms with van der Waals surface area (Å²) >= 11 is 0. The van der Waals surface area contributed by atoms with Crippen LogP contribution in [0.3, 0.4) is 0 Å². The highest BCUT2D eigenvalue weighted by atomic mass is 32.2. The second kappa shape index (κ2) is 8.44. The Kier molecular flexibility index (Phi) is 6.12. The highest BCUT2D eigenvalue weighted by molar-refractivity contribution is 7.99. The topological polar surface area (TPSA) is 83.6 Å². The fourth-order valence-corrected chi connectivity index (χ4v) is 5.16. The molecule has 1 N–H and O–H groups in total. The standard InChI is InChI=1S/C23H26N2O4S/c1-5-17-6-12-20(13-7-17)24-21(26)14-25-23(27)16(4)22(30(25,28)29)19-10-8-18(9-11-19)15(2)3/h6-13,15H,5,14H2,1-4H3,(H,24,26). The van der Waals surface area contributed by atoms with Crippen LogP contribution in [0.25, 0.3) is 4.91 Å². The Labute approximate surface area is 177 Å². The van der Waals surface area contributed by atoms with Crippen molar-refractivity contribution < 1.29 is 18.0 Å². The van der Waals surface area contributed by atoms with E-state index in [9.17, 15) is 18.0 Å². The predicted octanol–water partition coefficient (Wildman–Crippen LogP) is 3.91. The summed E-state index contributed by atoms with van der Waals surface area (Å²) in [5.74, 6) is -0.933. The normalized spacial score (nSPS) is 15.8. The predicted molar refractivity (Wildman–Crippen MR) is 118 cm³/mol. The highest BCUT2D eigenvalue weighted by Gasteiger charge is 2.43. The molecule has 0 aromatic heterocycles. The minimum Gasteiger partial charge on any atom is -0.325 e. The molecule has 0 unspecified atom stereocenters. The summed E-state index contributed by atoms with van der Waals surface area (Å²) in [6.45, 7) is 7.03. The first kappa shape index (κ1) is 21.8. The Hall–Kier alpha value is -2.93. The number of carbonyl (C=O) groups excluding carboxylic acids is 2. The number of nitrogens with one attached hydrogen (secondary N) is 1. The van der Waals surface area contributed by atoms with E-state index in [4.69, 9.17) is 0 Å². The summed E-state index contributed by atoms with van der Waals surface area (Å²) < 4.78 is 26.8. The number of amides is 2. The van der Waals surface area contributed by atoms with Crippen molar-refractivity contribution in [2.24, 2.45) is 0 Å². The van der Waals surface area contributed by atoms with Crippen molar-refractivity contribution in [2.45, 2.75) is 40.0 Å². The molecule has 3 rings (SSSR count). The summed E-state index contributed by atoms with van der Waals surface area (Å²) in [5, 5.41) is 2.65. The van der Waals surface area contributed by atoms with E-state index in [1.54, 1.807) is 24.3 Å². The minimum absolute atomic E-state index is 0.0390. The van der Waals surface area contributed by atoms with Crippen molar-refractivity contribution in [3.63, 3.8) is 0 Å². The maximum absolute atomic E-state index is 13.1. The second-order valence-corrected chi connectivity index (χ2v) is 9.45. The van der Waals surface area contributed by atoms with E-state index >= 15 is 0 Å². The first-order valence-corrected chi connectivity index (χ1v) is 11.4. The van der Waals surface area contributed by atoms with E-state index in [0.29, 0.717) is 21.5 Å². The molecular formula is C23H26N2O4S. The van der Waals surface area contributed by atoms with Gasteiger partial charge in [-0.2, -0.15) is 0 Å². The van der Waals surface area contributed by atoms with Crippen LogP contribution < -0.4 is 5.32 Å². The van der Waals surface area contributed by atoms with Crippen molar-refractivity contribution in [3.8, 4) is 0 Å². The average Bonchev–Trinajstić information content (AvgIpc) is 2.88. The number of aryl methyl sites for hydroxylation is 1. The Bertz CT molecular complexity index is 1100. The van der Waals surface area contributed by atoms with Gasteiger partial charge in [-0.3, -0.25) is 9.59 Å². The zero-order valence-electron chi connectivity index (χ0n) is 17.6. The maximum atomic E-state index is 13.1. The van der Waals surface area contributed by atoms with Gasteiger partial charge in [-0.05, 0) is 48.1 Å². The van der Waals surface area contributed by atoms with E-state index in [1.165, 1.54) is 6.92 Å². The van der Waals surface area contributed by atoms with Crippen LogP contribution in [0.4, 0.5) is 5.69 Å². The Morgan fingerprint density at radius 1 is 1.03 bits per heavy atom. The summed E-state index contributed by atoms with van der Waals surface area (Å²) in [7, 11) is -4.11. The molecule has 1 heterocycles. The number of carbonyl (C=O) groups is 2. The molecule has 2 aromatic carbocycles. The number of anilines is 1. The molecule has 2 aromatic rings. The van der Waals surface area contributed by atoms with Gasteiger partial charge in [0.15, 0.2) is 0 Å². The third kappa shape index (κ3) is 4.16. The van der Waals surface area contributed by atoms with Crippen LogP contribution in [-0.2, 0) is 26.0 Å². The average molecular weight is 427 g/mol. The Morgan fingerprint density at radius 2 is 1.63 bits per heavy atom. The molecule has 0 radical (unpaired) electrons. The van der Waals surface area contributed by atoms with Gasteiger partial charge in [0.05, 0.1) is 0 Å². The largest absolute Gasteiger partial charge is 0.325 e.